The molecule has 2 amide bonds. The third-order valence-corrected chi connectivity index (χ3v) is 5.78. The monoisotopic (exact) mass is 429 g/mol. The van der Waals surface area contributed by atoms with Crippen LogP contribution in [0.5, 0.6) is 0 Å². The second-order valence-electron chi connectivity index (χ2n) is 9.81. The maximum atomic E-state index is 13.4. The third kappa shape index (κ3) is 3.98. The average Bonchev–Trinajstić information content (AvgIpc) is 3.38. The second kappa shape index (κ2) is 7.78. The first-order chi connectivity index (χ1) is 14.6. The molecule has 1 N–H and O–H groups in total. The highest BCUT2D eigenvalue weighted by molar-refractivity contribution is 5.97. The first kappa shape index (κ1) is 21.5. The Kier molecular flexibility index (Phi) is 5.41. The van der Waals surface area contributed by atoms with Crippen LogP contribution >= 0.6 is 0 Å². The molecule has 0 aliphatic carbocycles. The molecular formula is C22H31N5O4. The number of aromatic nitrogens is 3. The highest BCUT2D eigenvalue weighted by atomic mass is 16.5. The van der Waals surface area contributed by atoms with E-state index in [4.69, 9.17) is 4.74 Å². The minimum Gasteiger partial charge on any atom is -0.376 e. The second-order valence-corrected chi connectivity index (χ2v) is 9.81. The molecule has 0 bridgehead atoms. The van der Waals surface area contributed by atoms with Gasteiger partial charge in [-0.15, -0.1) is 0 Å². The number of nitrogens with one attached hydrogen (secondary N) is 1. The Morgan fingerprint density at radius 1 is 1.32 bits per heavy atom. The number of hydrogen-bond donors (Lipinski definition) is 1. The summed E-state index contributed by atoms with van der Waals surface area (Å²) >= 11 is 0. The molecule has 4 heterocycles. The van der Waals surface area contributed by atoms with Gasteiger partial charge in [0.25, 0.3) is 11.5 Å². The van der Waals surface area contributed by atoms with Gasteiger partial charge in [-0.25, -0.2) is 0 Å². The minimum absolute atomic E-state index is 0.0115. The number of nitrogens with zero attached hydrogens (tertiary/aromatic N) is 4. The van der Waals surface area contributed by atoms with Crippen molar-refractivity contribution < 1.29 is 14.3 Å². The summed E-state index contributed by atoms with van der Waals surface area (Å²) in [6, 6.07) is 1.78. The molecule has 9 heteroatoms. The van der Waals surface area contributed by atoms with Gasteiger partial charge in [-0.1, -0.05) is 20.8 Å². The van der Waals surface area contributed by atoms with Gasteiger partial charge < -0.3 is 19.5 Å². The molecule has 9 nitrogen and oxygen atoms in total. The lowest BCUT2D eigenvalue weighted by Crippen LogP contribution is -2.36. The lowest BCUT2D eigenvalue weighted by Gasteiger charge is -2.20. The zero-order valence-electron chi connectivity index (χ0n) is 18.9. The molecule has 1 saturated heterocycles. The Balaban J connectivity index is 1.82. The Bertz CT molecular complexity index is 1090. The smallest absolute Gasteiger partial charge is 0.280 e. The molecule has 168 valence electrons. The van der Waals surface area contributed by atoms with E-state index in [-0.39, 0.29) is 53.7 Å². The number of rotatable bonds is 5. The van der Waals surface area contributed by atoms with Crippen LogP contribution in [0, 0.1) is 0 Å². The fourth-order valence-corrected chi connectivity index (χ4v) is 4.24. The molecule has 2 aromatic heterocycles. The fraction of sp³-hybridized carbons (Fsp3) is 0.636. The molecule has 0 aromatic carbocycles. The third-order valence-electron chi connectivity index (χ3n) is 5.78. The number of hydrogen-bond acceptors (Lipinski definition) is 5. The molecular weight excluding hydrogens is 398 g/mol. The number of carbonyl (C=O) groups is 2. The first-order valence-electron chi connectivity index (χ1n) is 10.9. The molecule has 0 radical (unpaired) electrons. The Hall–Kier alpha value is -2.68. The fourth-order valence-electron chi connectivity index (χ4n) is 4.24. The van der Waals surface area contributed by atoms with Crippen molar-refractivity contribution >= 4 is 17.5 Å². The van der Waals surface area contributed by atoms with Gasteiger partial charge in [0, 0.05) is 30.7 Å². The van der Waals surface area contributed by atoms with Crippen molar-refractivity contribution in [2.24, 2.45) is 0 Å². The average molecular weight is 430 g/mol. The van der Waals surface area contributed by atoms with Gasteiger partial charge in [-0.05, 0) is 26.7 Å². The molecule has 2 aromatic rings. The normalized spacial score (nSPS) is 19.0. The van der Waals surface area contributed by atoms with Crippen LogP contribution in [0.3, 0.4) is 0 Å². The van der Waals surface area contributed by atoms with E-state index in [1.165, 1.54) is 4.52 Å². The van der Waals surface area contributed by atoms with E-state index in [9.17, 15) is 14.4 Å². The van der Waals surface area contributed by atoms with E-state index >= 15 is 0 Å². The van der Waals surface area contributed by atoms with E-state index in [0.29, 0.717) is 24.4 Å². The maximum Gasteiger partial charge on any atom is 0.280 e. The number of carbonyl (C=O) groups excluding carboxylic acids is 2. The quantitative estimate of drug-likeness (QED) is 0.776. The zero-order chi connectivity index (χ0) is 22.5. The summed E-state index contributed by atoms with van der Waals surface area (Å²) in [7, 11) is 0. The van der Waals surface area contributed by atoms with E-state index in [2.05, 4.69) is 10.4 Å². The molecule has 0 saturated carbocycles. The van der Waals surface area contributed by atoms with Crippen LogP contribution in [0.2, 0.25) is 0 Å². The maximum absolute atomic E-state index is 13.4. The van der Waals surface area contributed by atoms with Gasteiger partial charge in [-0.3, -0.25) is 14.4 Å². The van der Waals surface area contributed by atoms with Gasteiger partial charge in [-0.2, -0.15) is 9.61 Å². The molecule has 1 fully saturated rings. The molecule has 0 spiro atoms. The number of ether oxygens (including phenoxy) is 1. The van der Waals surface area contributed by atoms with Gasteiger partial charge in [0.2, 0.25) is 5.91 Å². The van der Waals surface area contributed by atoms with Crippen LogP contribution in [-0.4, -0.2) is 56.2 Å². The summed E-state index contributed by atoms with van der Waals surface area (Å²) in [5, 5.41) is 7.41. The van der Waals surface area contributed by atoms with Crippen molar-refractivity contribution in [1.82, 2.24) is 24.4 Å². The van der Waals surface area contributed by atoms with Crippen molar-refractivity contribution in [1.29, 1.82) is 0 Å². The SMILES string of the molecule is CC(C)NC(=O)Cn1c2c(c(=O)n3nc(C(C)(C)C)cc13)CN(C[C@@H]1CCCO1)C2=O. The standard InChI is InChI=1S/C22H31N5O4/c1-13(2)23-17(28)12-26-18-9-16(22(3,4)5)24-27(18)20(29)15-11-25(21(30)19(15)26)10-14-7-6-8-31-14/h9,13-14H,6-8,10-12H2,1-5H3,(H,23,28)/t14-/m0/s1. The summed E-state index contributed by atoms with van der Waals surface area (Å²) < 4.78 is 8.67. The van der Waals surface area contributed by atoms with Crippen molar-refractivity contribution in [2.45, 2.75) is 78.1 Å². The van der Waals surface area contributed by atoms with Crippen molar-refractivity contribution in [3.63, 3.8) is 0 Å². The lowest BCUT2D eigenvalue weighted by molar-refractivity contribution is -0.122. The van der Waals surface area contributed by atoms with Gasteiger partial charge in [0.1, 0.15) is 17.9 Å². The van der Waals surface area contributed by atoms with Crippen LogP contribution in [0.4, 0.5) is 0 Å². The van der Waals surface area contributed by atoms with Crippen molar-refractivity contribution in [3.8, 4) is 0 Å². The number of amides is 2. The van der Waals surface area contributed by atoms with Crippen molar-refractivity contribution in [2.75, 3.05) is 13.2 Å². The molecule has 31 heavy (non-hydrogen) atoms. The lowest BCUT2D eigenvalue weighted by atomic mass is 9.93. The van der Waals surface area contributed by atoms with Crippen LogP contribution in [-0.2, 0) is 28.0 Å². The molecule has 4 rings (SSSR count). The van der Waals surface area contributed by atoms with Crippen molar-refractivity contribution in [3.05, 3.63) is 33.4 Å². The highest BCUT2D eigenvalue weighted by Gasteiger charge is 2.37. The Morgan fingerprint density at radius 2 is 2.06 bits per heavy atom. The summed E-state index contributed by atoms with van der Waals surface area (Å²) in [4.78, 5) is 40.9. The highest BCUT2D eigenvalue weighted by Crippen LogP contribution is 2.27. The summed E-state index contributed by atoms with van der Waals surface area (Å²) in [6.45, 7) is 11.1. The van der Waals surface area contributed by atoms with Crippen LogP contribution < -0.4 is 10.9 Å². The van der Waals surface area contributed by atoms with E-state index in [0.717, 1.165) is 18.5 Å². The summed E-state index contributed by atoms with van der Waals surface area (Å²) in [5.74, 6) is -0.451. The summed E-state index contributed by atoms with van der Waals surface area (Å²) in [5.41, 5.74) is 1.28. The van der Waals surface area contributed by atoms with E-state index in [1.54, 1.807) is 15.5 Å². The van der Waals surface area contributed by atoms with Crippen LogP contribution in [0.15, 0.2) is 10.9 Å². The Morgan fingerprint density at radius 3 is 2.68 bits per heavy atom. The van der Waals surface area contributed by atoms with Gasteiger partial charge in [0.15, 0.2) is 0 Å². The molecule has 2 aliphatic rings. The first-order valence-corrected chi connectivity index (χ1v) is 10.9. The Labute approximate surface area is 181 Å². The minimum atomic E-state index is -0.302. The largest absolute Gasteiger partial charge is 0.376 e. The molecule has 2 aliphatic heterocycles. The zero-order valence-corrected chi connectivity index (χ0v) is 18.9. The predicted molar refractivity (Wildman–Crippen MR) is 115 cm³/mol. The van der Waals surface area contributed by atoms with Crippen LogP contribution in [0.25, 0.3) is 5.65 Å². The molecule has 1 atom stereocenters. The van der Waals surface area contributed by atoms with E-state index in [1.807, 2.05) is 34.6 Å². The van der Waals surface area contributed by atoms with E-state index < -0.39 is 0 Å². The van der Waals surface area contributed by atoms with Gasteiger partial charge in [0.05, 0.1) is 23.9 Å². The predicted octanol–water partition coefficient (Wildman–Crippen LogP) is 1.45. The topological polar surface area (TPSA) is 97.9 Å². The van der Waals surface area contributed by atoms with Gasteiger partial charge >= 0.3 is 0 Å². The molecule has 0 unspecified atom stereocenters. The van der Waals surface area contributed by atoms with Crippen LogP contribution in [0.1, 0.15) is 69.2 Å². The number of fused-ring (bicyclic) bond motifs is 2. The summed E-state index contributed by atoms with van der Waals surface area (Å²) in [6.07, 6.45) is 1.87.